The van der Waals surface area contributed by atoms with Gasteiger partial charge in [-0.05, 0) is 49.1 Å². The van der Waals surface area contributed by atoms with Gasteiger partial charge in [0.2, 0.25) is 0 Å². The zero-order valence-corrected chi connectivity index (χ0v) is 12.0. The maximum atomic E-state index is 13.1. The zero-order valence-electron chi connectivity index (χ0n) is 11.3. The lowest BCUT2D eigenvalue weighted by molar-refractivity contribution is 0.624. The number of hydrogen-bond donors (Lipinski definition) is 0. The monoisotopic (exact) mass is 276 g/mol. The third kappa shape index (κ3) is 3.57. The highest BCUT2D eigenvalue weighted by atomic mass is 35.5. The van der Waals surface area contributed by atoms with Crippen LogP contribution in [-0.2, 0) is 6.42 Å². The topological polar surface area (TPSA) is 0 Å². The summed E-state index contributed by atoms with van der Waals surface area (Å²) in [7, 11) is 0. The Labute approximate surface area is 119 Å². The Hall–Kier alpha value is -1.34. The van der Waals surface area contributed by atoms with Gasteiger partial charge in [0.1, 0.15) is 5.82 Å². The summed E-state index contributed by atoms with van der Waals surface area (Å²) in [6.45, 7) is 4.02. The molecule has 0 aliphatic heterocycles. The minimum Gasteiger partial charge on any atom is -0.207 e. The number of benzene rings is 2. The first kappa shape index (κ1) is 14.1. The van der Waals surface area contributed by atoms with Crippen molar-refractivity contribution in [1.82, 2.24) is 0 Å². The van der Waals surface area contributed by atoms with Gasteiger partial charge in [-0.3, -0.25) is 0 Å². The van der Waals surface area contributed by atoms with E-state index in [0.29, 0.717) is 5.88 Å². The molecule has 2 aromatic carbocycles. The highest BCUT2D eigenvalue weighted by molar-refractivity contribution is 6.18. The van der Waals surface area contributed by atoms with Crippen LogP contribution >= 0.6 is 11.6 Å². The smallest absolute Gasteiger partial charge is 0.123 e. The first-order chi connectivity index (χ1) is 9.10. The quantitative estimate of drug-likeness (QED) is 0.689. The molecule has 0 bridgehead atoms. The van der Waals surface area contributed by atoms with Crippen molar-refractivity contribution in [3.05, 3.63) is 70.5 Å². The van der Waals surface area contributed by atoms with E-state index in [-0.39, 0.29) is 11.7 Å². The van der Waals surface area contributed by atoms with Gasteiger partial charge in [0.15, 0.2) is 0 Å². The molecule has 0 saturated heterocycles. The summed E-state index contributed by atoms with van der Waals surface area (Å²) < 4.78 is 13.1. The lowest BCUT2D eigenvalue weighted by Crippen LogP contribution is -2.06. The SMILES string of the molecule is Cc1ccc(C(CCl)Cc2ccc(F)cc2C)cc1. The van der Waals surface area contributed by atoms with Crippen LogP contribution in [0.3, 0.4) is 0 Å². The molecule has 100 valence electrons. The molecule has 0 nitrogen and oxygen atoms in total. The molecule has 1 atom stereocenters. The van der Waals surface area contributed by atoms with Crippen molar-refractivity contribution < 1.29 is 4.39 Å². The first-order valence-electron chi connectivity index (χ1n) is 6.47. The van der Waals surface area contributed by atoms with E-state index in [0.717, 1.165) is 17.5 Å². The summed E-state index contributed by atoms with van der Waals surface area (Å²) in [6.07, 6.45) is 0.846. The molecule has 0 saturated carbocycles. The van der Waals surface area contributed by atoms with Gasteiger partial charge in [0, 0.05) is 11.8 Å². The fourth-order valence-electron chi connectivity index (χ4n) is 2.25. The maximum absolute atomic E-state index is 13.1. The summed E-state index contributed by atoms with van der Waals surface area (Å²) in [4.78, 5) is 0. The fourth-order valence-corrected chi connectivity index (χ4v) is 2.54. The Morgan fingerprint density at radius 2 is 1.74 bits per heavy atom. The minimum absolute atomic E-state index is 0.181. The van der Waals surface area contributed by atoms with Crippen LogP contribution in [0.1, 0.15) is 28.2 Å². The molecule has 0 fully saturated rings. The van der Waals surface area contributed by atoms with Crippen LogP contribution in [0, 0.1) is 19.7 Å². The van der Waals surface area contributed by atoms with E-state index in [1.807, 2.05) is 13.0 Å². The van der Waals surface area contributed by atoms with Crippen molar-refractivity contribution in [2.75, 3.05) is 5.88 Å². The normalized spacial score (nSPS) is 12.4. The Bertz CT molecular complexity index is 546. The summed E-state index contributed by atoms with van der Waals surface area (Å²) in [5, 5.41) is 0. The van der Waals surface area contributed by atoms with Gasteiger partial charge in [-0.15, -0.1) is 11.6 Å². The predicted molar refractivity (Wildman–Crippen MR) is 79.5 cm³/mol. The lowest BCUT2D eigenvalue weighted by Gasteiger charge is -2.16. The minimum atomic E-state index is -0.181. The van der Waals surface area contributed by atoms with Crippen LogP contribution < -0.4 is 0 Å². The second-order valence-corrected chi connectivity index (χ2v) is 5.35. The van der Waals surface area contributed by atoms with Crippen LogP contribution in [0.2, 0.25) is 0 Å². The summed E-state index contributed by atoms with van der Waals surface area (Å²) in [5.74, 6) is 0.658. The van der Waals surface area contributed by atoms with Crippen molar-refractivity contribution >= 4 is 11.6 Å². The number of hydrogen-bond acceptors (Lipinski definition) is 0. The number of halogens is 2. The van der Waals surface area contributed by atoms with Gasteiger partial charge in [-0.2, -0.15) is 0 Å². The molecule has 1 unspecified atom stereocenters. The molecule has 2 heteroatoms. The highest BCUT2D eigenvalue weighted by Gasteiger charge is 2.12. The molecule has 0 amide bonds. The van der Waals surface area contributed by atoms with Gasteiger partial charge in [-0.25, -0.2) is 4.39 Å². The van der Waals surface area contributed by atoms with Gasteiger partial charge < -0.3 is 0 Å². The van der Waals surface area contributed by atoms with Gasteiger partial charge >= 0.3 is 0 Å². The Morgan fingerprint density at radius 1 is 1.05 bits per heavy atom. The second-order valence-electron chi connectivity index (χ2n) is 5.04. The Balaban J connectivity index is 2.21. The van der Waals surface area contributed by atoms with Gasteiger partial charge in [0.25, 0.3) is 0 Å². The molecular weight excluding hydrogens is 259 g/mol. The van der Waals surface area contributed by atoms with Crippen LogP contribution in [0.5, 0.6) is 0 Å². The molecule has 0 aliphatic rings. The maximum Gasteiger partial charge on any atom is 0.123 e. The molecule has 0 spiro atoms. The van der Waals surface area contributed by atoms with E-state index in [1.54, 1.807) is 6.07 Å². The predicted octanol–water partition coefficient (Wildman–Crippen LogP) is 5.01. The average Bonchev–Trinajstić information content (AvgIpc) is 2.39. The Morgan fingerprint density at radius 3 is 2.32 bits per heavy atom. The standard InChI is InChI=1S/C17H18ClF/c1-12-3-5-14(6-4-12)16(11-18)10-15-7-8-17(19)9-13(15)2/h3-9,16H,10-11H2,1-2H3. The molecule has 19 heavy (non-hydrogen) atoms. The van der Waals surface area contributed by atoms with E-state index in [9.17, 15) is 4.39 Å². The summed E-state index contributed by atoms with van der Waals surface area (Å²) >= 11 is 6.10. The number of alkyl halides is 1. The van der Waals surface area contributed by atoms with Crippen LogP contribution in [0.4, 0.5) is 4.39 Å². The van der Waals surface area contributed by atoms with Crippen molar-refractivity contribution in [1.29, 1.82) is 0 Å². The van der Waals surface area contributed by atoms with Crippen LogP contribution in [0.15, 0.2) is 42.5 Å². The zero-order chi connectivity index (χ0) is 13.8. The fraction of sp³-hybridized carbons (Fsp3) is 0.294. The third-order valence-corrected chi connectivity index (χ3v) is 3.88. The molecule has 0 aliphatic carbocycles. The average molecular weight is 277 g/mol. The van der Waals surface area contributed by atoms with E-state index >= 15 is 0 Å². The van der Waals surface area contributed by atoms with Crippen molar-refractivity contribution in [2.24, 2.45) is 0 Å². The van der Waals surface area contributed by atoms with Crippen LogP contribution in [-0.4, -0.2) is 5.88 Å². The largest absolute Gasteiger partial charge is 0.207 e. The van der Waals surface area contributed by atoms with Crippen molar-refractivity contribution in [3.63, 3.8) is 0 Å². The third-order valence-electron chi connectivity index (χ3n) is 3.51. The molecule has 0 heterocycles. The lowest BCUT2D eigenvalue weighted by atomic mass is 9.91. The van der Waals surface area contributed by atoms with Gasteiger partial charge in [0.05, 0.1) is 0 Å². The molecular formula is C17H18ClF. The van der Waals surface area contributed by atoms with Crippen molar-refractivity contribution in [3.8, 4) is 0 Å². The second kappa shape index (κ2) is 6.21. The highest BCUT2D eigenvalue weighted by Crippen LogP contribution is 2.24. The molecule has 2 aromatic rings. The van der Waals surface area contributed by atoms with Crippen molar-refractivity contribution in [2.45, 2.75) is 26.2 Å². The van der Waals surface area contributed by atoms with E-state index in [2.05, 4.69) is 31.2 Å². The first-order valence-corrected chi connectivity index (χ1v) is 7.01. The Kier molecular flexibility index (Phi) is 4.60. The molecule has 0 N–H and O–H groups in total. The van der Waals surface area contributed by atoms with Gasteiger partial charge in [-0.1, -0.05) is 35.9 Å². The summed E-state index contributed by atoms with van der Waals surface area (Å²) in [6, 6.07) is 13.4. The van der Waals surface area contributed by atoms with E-state index < -0.39 is 0 Å². The molecule has 0 radical (unpaired) electrons. The molecule has 0 aromatic heterocycles. The van der Waals surface area contributed by atoms with E-state index in [4.69, 9.17) is 11.6 Å². The number of rotatable bonds is 4. The van der Waals surface area contributed by atoms with Crippen LogP contribution in [0.25, 0.3) is 0 Å². The molecule has 2 rings (SSSR count). The summed E-state index contributed by atoms with van der Waals surface area (Å²) in [5.41, 5.74) is 4.63. The number of aryl methyl sites for hydroxylation is 2. The van der Waals surface area contributed by atoms with E-state index in [1.165, 1.54) is 17.2 Å².